The molecule has 4 rings (SSSR count). The van der Waals surface area contributed by atoms with Crippen LogP contribution in [-0.4, -0.2) is 48.9 Å². The van der Waals surface area contributed by atoms with Gasteiger partial charge in [0.25, 0.3) is 0 Å². The molecular weight excluding hydrogens is 404 g/mol. The lowest BCUT2D eigenvalue weighted by Gasteiger charge is -2.46. The predicted octanol–water partition coefficient (Wildman–Crippen LogP) is 4.15. The van der Waals surface area contributed by atoms with Crippen molar-refractivity contribution in [3.05, 3.63) is 59.7 Å². The smallest absolute Gasteiger partial charge is 0.220 e. The second kappa shape index (κ2) is 9.74. The summed E-state index contributed by atoms with van der Waals surface area (Å²) in [5, 5.41) is 3.25. The van der Waals surface area contributed by atoms with Gasteiger partial charge in [0.05, 0.1) is 12.6 Å². The highest BCUT2D eigenvalue weighted by Gasteiger charge is 2.43. The van der Waals surface area contributed by atoms with Gasteiger partial charge in [-0.05, 0) is 63.6 Å². The zero-order valence-corrected chi connectivity index (χ0v) is 18.9. The maximum absolute atomic E-state index is 12.7. The van der Waals surface area contributed by atoms with E-state index in [0.29, 0.717) is 30.8 Å². The van der Waals surface area contributed by atoms with E-state index < -0.39 is 0 Å². The number of piperidine rings is 1. The molecule has 1 amide bonds. The fourth-order valence-corrected chi connectivity index (χ4v) is 4.55. The van der Waals surface area contributed by atoms with Crippen LogP contribution in [0, 0.1) is 0 Å². The van der Waals surface area contributed by atoms with Crippen LogP contribution in [0.4, 0.5) is 0 Å². The van der Waals surface area contributed by atoms with E-state index >= 15 is 0 Å². The van der Waals surface area contributed by atoms with Gasteiger partial charge in [0.2, 0.25) is 5.91 Å². The third-order valence-corrected chi connectivity index (χ3v) is 6.51. The van der Waals surface area contributed by atoms with Gasteiger partial charge in [0.1, 0.15) is 17.1 Å². The molecule has 2 aliphatic heterocycles. The molecule has 1 spiro atoms. The number of ether oxygens (including phenoxy) is 2. The summed E-state index contributed by atoms with van der Waals surface area (Å²) in [6.07, 6.45) is 3.78. The molecule has 2 aromatic rings. The number of likely N-dealkylation sites (tertiary alicyclic amines) is 1. The van der Waals surface area contributed by atoms with Crippen LogP contribution in [0.5, 0.6) is 11.5 Å². The van der Waals surface area contributed by atoms with E-state index in [-0.39, 0.29) is 23.3 Å². The highest BCUT2D eigenvalue weighted by molar-refractivity contribution is 5.94. The van der Waals surface area contributed by atoms with Crippen LogP contribution < -0.4 is 14.8 Å². The second-order valence-electron chi connectivity index (χ2n) is 8.98. The van der Waals surface area contributed by atoms with Gasteiger partial charge in [-0.2, -0.15) is 0 Å². The number of nitrogens with one attached hydrogen (secondary N) is 1. The molecule has 1 N–H and O–H groups in total. The number of ketones is 1. The topological polar surface area (TPSA) is 67.9 Å². The molecule has 170 valence electrons. The lowest BCUT2D eigenvalue weighted by atomic mass is 9.80. The third-order valence-electron chi connectivity index (χ3n) is 6.51. The Morgan fingerprint density at radius 3 is 2.56 bits per heavy atom. The first kappa shape index (κ1) is 22.3. The summed E-state index contributed by atoms with van der Waals surface area (Å²) < 4.78 is 12.2. The normalized spacial score (nSPS) is 19.6. The Labute approximate surface area is 189 Å². The Kier molecular flexibility index (Phi) is 6.80. The van der Waals surface area contributed by atoms with E-state index in [1.807, 2.05) is 18.2 Å². The number of carbonyl (C=O) groups excluding carboxylic acids is 2. The summed E-state index contributed by atoms with van der Waals surface area (Å²) in [6, 6.07) is 15.1. The van der Waals surface area contributed by atoms with E-state index in [9.17, 15) is 9.59 Å². The van der Waals surface area contributed by atoms with Crippen LogP contribution in [0.25, 0.3) is 0 Å². The number of hydrogen-bond acceptors (Lipinski definition) is 5. The van der Waals surface area contributed by atoms with Crippen LogP contribution in [0.2, 0.25) is 0 Å². The summed E-state index contributed by atoms with van der Waals surface area (Å²) in [6.45, 7) is 4.01. The second-order valence-corrected chi connectivity index (χ2v) is 8.98. The summed E-state index contributed by atoms with van der Waals surface area (Å²) >= 11 is 0. The molecule has 2 aromatic carbocycles. The van der Waals surface area contributed by atoms with E-state index in [1.54, 1.807) is 31.2 Å². The third kappa shape index (κ3) is 5.30. The lowest BCUT2D eigenvalue weighted by molar-refractivity contribution is -0.123. The number of carbonyl (C=O) groups is 2. The van der Waals surface area contributed by atoms with Crippen LogP contribution in [0.15, 0.2) is 48.5 Å². The summed E-state index contributed by atoms with van der Waals surface area (Å²) in [5.74, 6) is 1.67. The molecule has 0 aromatic heterocycles. The van der Waals surface area contributed by atoms with Crippen molar-refractivity contribution in [1.29, 1.82) is 0 Å². The number of Topliss-reactive ketones (excluding diaryl/α,β-unsaturated/α-hetero) is 1. The van der Waals surface area contributed by atoms with Crippen LogP contribution in [-0.2, 0) is 4.79 Å². The highest BCUT2D eigenvalue weighted by atomic mass is 16.5. The van der Waals surface area contributed by atoms with Gasteiger partial charge in [-0.15, -0.1) is 0 Å². The summed E-state index contributed by atoms with van der Waals surface area (Å²) in [7, 11) is 2.14. The maximum Gasteiger partial charge on any atom is 0.220 e. The van der Waals surface area contributed by atoms with Gasteiger partial charge < -0.3 is 19.7 Å². The minimum atomic E-state index is -0.200. The van der Waals surface area contributed by atoms with Crippen LogP contribution in [0.1, 0.15) is 61.0 Å². The fourth-order valence-electron chi connectivity index (χ4n) is 4.55. The monoisotopic (exact) mass is 436 g/mol. The first-order valence-corrected chi connectivity index (χ1v) is 11.4. The lowest BCUT2D eigenvalue weighted by Crippen LogP contribution is -2.51. The summed E-state index contributed by atoms with van der Waals surface area (Å²) in [5.41, 5.74) is 1.52. The van der Waals surface area contributed by atoms with Crippen molar-refractivity contribution in [3.8, 4) is 11.5 Å². The standard InChI is InChI=1S/C26H32N2O4/c1-19(29)20-9-11-21(12-10-20)31-17-5-8-25(30)27-23-18-26(13-15-28(2)16-14-26)32-24-7-4-3-6-22(23)24/h3-4,6-7,9-12,23H,5,8,13-18H2,1-2H3,(H,27,30). The molecule has 2 heterocycles. The van der Waals surface area contributed by atoms with Crippen molar-refractivity contribution >= 4 is 11.7 Å². The molecule has 6 heteroatoms. The van der Waals surface area contributed by atoms with Crippen molar-refractivity contribution in [2.45, 2.75) is 50.7 Å². The summed E-state index contributed by atoms with van der Waals surface area (Å²) in [4.78, 5) is 26.4. The average molecular weight is 437 g/mol. The molecule has 1 fully saturated rings. The number of hydrogen-bond donors (Lipinski definition) is 1. The first-order chi connectivity index (χ1) is 15.4. The molecule has 0 aliphatic carbocycles. The van der Waals surface area contributed by atoms with Gasteiger partial charge in [0.15, 0.2) is 5.78 Å². The number of benzene rings is 2. The van der Waals surface area contributed by atoms with Gasteiger partial charge in [-0.25, -0.2) is 0 Å². The molecular formula is C26H32N2O4. The van der Waals surface area contributed by atoms with Crippen LogP contribution in [0.3, 0.4) is 0 Å². The van der Waals surface area contributed by atoms with Gasteiger partial charge in [-0.3, -0.25) is 9.59 Å². The van der Waals surface area contributed by atoms with E-state index in [2.05, 4.69) is 23.3 Å². The van der Waals surface area contributed by atoms with Crippen molar-refractivity contribution in [2.24, 2.45) is 0 Å². The predicted molar refractivity (Wildman–Crippen MR) is 123 cm³/mol. The fraction of sp³-hybridized carbons (Fsp3) is 0.462. The Hall–Kier alpha value is -2.86. The van der Waals surface area contributed by atoms with E-state index in [4.69, 9.17) is 9.47 Å². The number of amides is 1. The zero-order valence-electron chi connectivity index (χ0n) is 18.9. The van der Waals surface area contributed by atoms with Gasteiger partial charge in [-0.1, -0.05) is 18.2 Å². The average Bonchev–Trinajstić information content (AvgIpc) is 2.79. The molecule has 1 unspecified atom stereocenters. The molecule has 1 atom stereocenters. The molecule has 1 saturated heterocycles. The number of fused-ring (bicyclic) bond motifs is 1. The van der Waals surface area contributed by atoms with Crippen molar-refractivity contribution in [3.63, 3.8) is 0 Å². The van der Waals surface area contributed by atoms with Gasteiger partial charge in [0, 0.05) is 37.1 Å². The Bertz CT molecular complexity index is 949. The molecule has 0 saturated carbocycles. The number of rotatable bonds is 7. The van der Waals surface area contributed by atoms with Crippen molar-refractivity contribution in [2.75, 3.05) is 26.7 Å². The molecule has 0 bridgehead atoms. The largest absolute Gasteiger partial charge is 0.494 e. The molecule has 2 aliphatic rings. The Morgan fingerprint density at radius 1 is 1.12 bits per heavy atom. The number of para-hydroxylation sites is 1. The van der Waals surface area contributed by atoms with E-state index in [0.717, 1.165) is 43.7 Å². The van der Waals surface area contributed by atoms with Crippen molar-refractivity contribution < 1.29 is 19.1 Å². The maximum atomic E-state index is 12.7. The molecule has 0 radical (unpaired) electrons. The Balaban J connectivity index is 1.30. The van der Waals surface area contributed by atoms with E-state index in [1.165, 1.54) is 0 Å². The number of nitrogens with zero attached hydrogens (tertiary/aromatic N) is 1. The Morgan fingerprint density at radius 2 is 1.84 bits per heavy atom. The molecule has 6 nitrogen and oxygen atoms in total. The van der Waals surface area contributed by atoms with Gasteiger partial charge >= 0.3 is 0 Å². The van der Waals surface area contributed by atoms with Crippen molar-refractivity contribution in [1.82, 2.24) is 10.2 Å². The zero-order chi connectivity index (χ0) is 22.6. The minimum Gasteiger partial charge on any atom is -0.494 e. The minimum absolute atomic E-state index is 0.0316. The van der Waals surface area contributed by atoms with Crippen LogP contribution >= 0.6 is 0 Å². The molecule has 32 heavy (non-hydrogen) atoms. The first-order valence-electron chi connectivity index (χ1n) is 11.4. The highest BCUT2D eigenvalue weighted by Crippen LogP contribution is 2.44. The quantitative estimate of drug-likeness (QED) is 0.522. The SMILES string of the molecule is CC(=O)c1ccc(OCCCC(=O)NC2CC3(CCN(C)CC3)Oc3ccccc32)cc1.